The van der Waals surface area contributed by atoms with Gasteiger partial charge in [-0.05, 0) is 42.0 Å². The molecule has 2 aromatic rings. The van der Waals surface area contributed by atoms with Crippen LogP contribution in [-0.4, -0.2) is 18.5 Å². The lowest BCUT2D eigenvalue weighted by Gasteiger charge is -2.05. The molecule has 0 aliphatic rings. The number of nitrogens with one attached hydrogen (secondary N) is 1. The number of halogens is 2. The van der Waals surface area contributed by atoms with Gasteiger partial charge in [-0.3, -0.25) is 4.79 Å². The van der Waals surface area contributed by atoms with Crippen LogP contribution in [0.25, 0.3) is 6.08 Å². The van der Waals surface area contributed by atoms with Crippen LogP contribution in [-0.2, 0) is 14.3 Å². The van der Waals surface area contributed by atoms with Crippen LogP contribution in [0.2, 0.25) is 5.02 Å². The molecule has 0 aliphatic heterocycles. The van der Waals surface area contributed by atoms with Gasteiger partial charge in [-0.1, -0.05) is 29.8 Å². The van der Waals surface area contributed by atoms with Gasteiger partial charge in [0.05, 0.1) is 0 Å². The first kappa shape index (κ1) is 16.7. The summed E-state index contributed by atoms with van der Waals surface area (Å²) in [6.07, 6.45) is 2.69. The van der Waals surface area contributed by atoms with E-state index in [0.717, 1.165) is 0 Å². The van der Waals surface area contributed by atoms with Crippen LogP contribution in [0.5, 0.6) is 0 Å². The number of anilines is 1. The number of amides is 1. The molecule has 23 heavy (non-hydrogen) atoms. The van der Waals surface area contributed by atoms with Gasteiger partial charge in [-0.15, -0.1) is 0 Å². The molecule has 0 heterocycles. The van der Waals surface area contributed by atoms with E-state index in [1.807, 2.05) is 0 Å². The van der Waals surface area contributed by atoms with E-state index in [0.29, 0.717) is 16.3 Å². The summed E-state index contributed by atoms with van der Waals surface area (Å²) in [7, 11) is 0. The summed E-state index contributed by atoms with van der Waals surface area (Å²) in [5.74, 6) is -1.59. The molecular weight excluding hydrogens is 321 g/mol. The van der Waals surface area contributed by atoms with E-state index in [9.17, 15) is 14.0 Å². The first-order valence-corrected chi connectivity index (χ1v) is 7.07. The van der Waals surface area contributed by atoms with Crippen molar-refractivity contribution >= 4 is 35.2 Å². The molecule has 0 saturated carbocycles. The normalized spacial score (nSPS) is 10.5. The third-order valence-electron chi connectivity index (χ3n) is 2.78. The molecule has 6 heteroatoms. The van der Waals surface area contributed by atoms with Gasteiger partial charge in [0.15, 0.2) is 6.61 Å². The highest BCUT2D eigenvalue weighted by Crippen LogP contribution is 2.16. The van der Waals surface area contributed by atoms with E-state index in [-0.39, 0.29) is 0 Å². The molecular formula is C17H13ClFNO3. The Kier molecular flexibility index (Phi) is 5.88. The minimum Gasteiger partial charge on any atom is -0.452 e. The molecule has 1 N–H and O–H groups in total. The fraction of sp³-hybridized carbons (Fsp3) is 0.0588. The maximum atomic E-state index is 12.7. The van der Waals surface area contributed by atoms with Gasteiger partial charge in [0, 0.05) is 16.8 Å². The Bertz CT molecular complexity index is 729. The van der Waals surface area contributed by atoms with Crippen molar-refractivity contribution in [3.8, 4) is 0 Å². The van der Waals surface area contributed by atoms with E-state index in [1.54, 1.807) is 24.3 Å². The van der Waals surface area contributed by atoms with Gasteiger partial charge in [-0.25, -0.2) is 9.18 Å². The molecule has 1 amide bonds. The summed E-state index contributed by atoms with van der Waals surface area (Å²) in [5.41, 5.74) is 1.08. The Morgan fingerprint density at radius 2 is 1.83 bits per heavy atom. The standard InChI is InChI=1S/C17H13ClFNO3/c18-15-4-2-1-3-12(15)5-10-17(22)23-11-16(21)20-14-8-6-13(19)7-9-14/h1-10H,11H2,(H,20,21)/b10-5+. The molecule has 0 atom stereocenters. The Morgan fingerprint density at radius 1 is 1.13 bits per heavy atom. The van der Waals surface area contributed by atoms with E-state index in [2.05, 4.69) is 5.32 Å². The van der Waals surface area contributed by atoms with E-state index >= 15 is 0 Å². The number of ether oxygens (including phenoxy) is 1. The highest BCUT2D eigenvalue weighted by Gasteiger charge is 2.06. The van der Waals surface area contributed by atoms with Crippen LogP contribution in [0.3, 0.4) is 0 Å². The van der Waals surface area contributed by atoms with Crippen LogP contribution in [0, 0.1) is 5.82 Å². The lowest BCUT2D eigenvalue weighted by Crippen LogP contribution is -2.20. The summed E-state index contributed by atoms with van der Waals surface area (Å²) in [6.45, 7) is -0.441. The van der Waals surface area contributed by atoms with Gasteiger partial charge in [0.25, 0.3) is 5.91 Å². The Morgan fingerprint density at radius 3 is 2.52 bits per heavy atom. The number of benzene rings is 2. The largest absolute Gasteiger partial charge is 0.452 e. The molecule has 0 aliphatic carbocycles. The minimum atomic E-state index is -0.667. The molecule has 118 valence electrons. The van der Waals surface area contributed by atoms with E-state index in [4.69, 9.17) is 16.3 Å². The number of hydrogen-bond donors (Lipinski definition) is 1. The van der Waals surface area contributed by atoms with Crippen LogP contribution >= 0.6 is 11.6 Å². The number of carbonyl (C=O) groups excluding carboxylic acids is 2. The number of hydrogen-bond acceptors (Lipinski definition) is 3. The number of rotatable bonds is 5. The summed E-state index contributed by atoms with van der Waals surface area (Å²) >= 11 is 5.94. The predicted molar refractivity (Wildman–Crippen MR) is 86.5 cm³/mol. The van der Waals surface area contributed by atoms with Crippen LogP contribution in [0.4, 0.5) is 10.1 Å². The van der Waals surface area contributed by atoms with Gasteiger partial charge in [-0.2, -0.15) is 0 Å². The fourth-order valence-electron chi connectivity index (χ4n) is 1.68. The number of carbonyl (C=O) groups is 2. The second-order valence-electron chi connectivity index (χ2n) is 4.52. The van der Waals surface area contributed by atoms with Crippen LogP contribution < -0.4 is 5.32 Å². The molecule has 2 aromatic carbocycles. The monoisotopic (exact) mass is 333 g/mol. The second-order valence-corrected chi connectivity index (χ2v) is 4.92. The van der Waals surface area contributed by atoms with Gasteiger partial charge in [0.1, 0.15) is 5.82 Å². The first-order chi connectivity index (χ1) is 11.0. The zero-order valence-corrected chi connectivity index (χ0v) is 12.7. The predicted octanol–water partition coefficient (Wildman–Crippen LogP) is 3.67. The molecule has 4 nitrogen and oxygen atoms in total. The van der Waals surface area contributed by atoms with Crippen molar-refractivity contribution < 1.29 is 18.7 Å². The van der Waals surface area contributed by atoms with E-state index in [1.165, 1.54) is 36.4 Å². The first-order valence-electron chi connectivity index (χ1n) is 6.69. The summed E-state index contributed by atoms with van der Waals surface area (Å²) in [6, 6.07) is 12.3. The minimum absolute atomic E-state index is 0.404. The molecule has 0 fully saturated rings. The molecule has 0 aromatic heterocycles. The maximum absolute atomic E-state index is 12.7. The molecule has 0 saturated heterocycles. The molecule has 0 bridgehead atoms. The van der Waals surface area contributed by atoms with Crippen molar-refractivity contribution in [3.05, 3.63) is 71.0 Å². The summed E-state index contributed by atoms with van der Waals surface area (Å²) in [4.78, 5) is 23.2. The van der Waals surface area contributed by atoms with Crippen LogP contribution in [0.15, 0.2) is 54.6 Å². The smallest absolute Gasteiger partial charge is 0.331 e. The van der Waals surface area contributed by atoms with Gasteiger partial charge in [0.2, 0.25) is 0 Å². The fourth-order valence-corrected chi connectivity index (χ4v) is 1.88. The molecule has 0 unspecified atom stereocenters. The summed E-state index contributed by atoms with van der Waals surface area (Å²) < 4.78 is 17.5. The Hall–Kier alpha value is -2.66. The van der Waals surface area contributed by atoms with Gasteiger partial charge < -0.3 is 10.1 Å². The highest BCUT2D eigenvalue weighted by molar-refractivity contribution is 6.32. The topological polar surface area (TPSA) is 55.4 Å². The zero-order chi connectivity index (χ0) is 16.7. The maximum Gasteiger partial charge on any atom is 0.331 e. The zero-order valence-electron chi connectivity index (χ0n) is 12.0. The lowest BCUT2D eigenvalue weighted by molar-refractivity contribution is -0.142. The van der Waals surface area contributed by atoms with Crippen molar-refractivity contribution in [3.63, 3.8) is 0 Å². The molecule has 0 spiro atoms. The average Bonchev–Trinajstić information content (AvgIpc) is 2.54. The van der Waals surface area contributed by atoms with Gasteiger partial charge >= 0.3 is 5.97 Å². The van der Waals surface area contributed by atoms with Crippen molar-refractivity contribution in [2.45, 2.75) is 0 Å². The third-order valence-corrected chi connectivity index (χ3v) is 3.12. The Labute approximate surface area is 137 Å². The Balaban J connectivity index is 1.81. The highest BCUT2D eigenvalue weighted by atomic mass is 35.5. The van der Waals surface area contributed by atoms with Crippen molar-refractivity contribution in [1.29, 1.82) is 0 Å². The molecule has 0 radical (unpaired) electrons. The van der Waals surface area contributed by atoms with Crippen molar-refractivity contribution in [1.82, 2.24) is 0 Å². The SMILES string of the molecule is O=C(COC(=O)/C=C/c1ccccc1Cl)Nc1ccc(F)cc1. The second kappa shape index (κ2) is 8.10. The summed E-state index contributed by atoms with van der Waals surface area (Å²) in [5, 5.41) is 2.98. The van der Waals surface area contributed by atoms with Crippen LogP contribution in [0.1, 0.15) is 5.56 Å². The average molecular weight is 334 g/mol. The lowest BCUT2D eigenvalue weighted by atomic mass is 10.2. The number of esters is 1. The van der Waals surface area contributed by atoms with E-state index < -0.39 is 24.3 Å². The molecule has 2 rings (SSSR count). The quantitative estimate of drug-likeness (QED) is 0.671. The van der Waals surface area contributed by atoms with Crippen molar-refractivity contribution in [2.75, 3.05) is 11.9 Å². The third kappa shape index (κ3) is 5.56. The van der Waals surface area contributed by atoms with Crippen molar-refractivity contribution in [2.24, 2.45) is 0 Å².